The molecule has 0 bridgehead atoms. The number of thiazole rings is 1. The Morgan fingerprint density at radius 2 is 2.17 bits per heavy atom. The van der Waals surface area contributed by atoms with E-state index in [2.05, 4.69) is 4.98 Å². The Kier molecular flexibility index (Phi) is 5.06. The molecule has 0 atom stereocenters. The summed E-state index contributed by atoms with van der Waals surface area (Å²) in [5, 5.41) is 2.66. The average molecular weight is 332 g/mol. The minimum absolute atomic E-state index is 0.149. The van der Waals surface area contributed by atoms with E-state index in [1.807, 2.05) is 23.3 Å². The smallest absolute Gasteiger partial charge is 0.228 e. The molecule has 1 aliphatic rings. The second-order valence-electron chi connectivity index (χ2n) is 5.95. The summed E-state index contributed by atoms with van der Waals surface area (Å²) >= 11 is 1.46. The molecule has 1 heterocycles. The SMILES string of the molecule is CCN(C(=O)Cc1csc(-c2cccc(F)c2)n1)C1CCCC1. The fourth-order valence-electron chi connectivity index (χ4n) is 3.25. The lowest BCUT2D eigenvalue weighted by Crippen LogP contribution is -2.39. The van der Waals surface area contributed by atoms with Crippen LogP contribution in [-0.4, -0.2) is 28.4 Å². The minimum atomic E-state index is -0.270. The van der Waals surface area contributed by atoms with Gasteiger partial charge in [-0.1, -0.05) is 25.0 Å². The summed E-state index contributed by atoms with van der Waals surface area (Å²) < 4.78 is 13.3. The number of hydrogen-bond acceptors (Lipinski definition) is 3. The zero-order valence-corrected chi connectivity index (χ0v) is 14.1. The summed E-state index contributed by atoms with van der Waals surface area (Å²) in [6.45, 7) is 2.79. The second kappa shape index (κ2) is 7.21. The van der Waals surface area contributed by atoms with Gasteiger partial charge in [0.15, 0.2) is 0 Å². The van der Waals surface area contributed by atoms with E-state index >= 15 is 0 Å². The van der Waals surface area contributed by atoms with E-state index < -0.39 is 0 Å². The number of likely N-dealkylation sites (N-methyl/N-ethyl adjacent to an activating group) is 1. The van der Waals surface area contributed by atoms with Crippen LogP contribution in [0.4, 0.5) is 4.39 Å². The maximum Gasteiger partial charge on any atom is 0.228 e. The van der Waals surface area contributed by atoms with Gasteiger partial charge < -0.3 is 4.90 Å². The quantitative estimate of drug-likeness (QED) is 0.818. The van der Waals surface area contributed by atoms with Crippen LogP contribution in [-0.2, 0) is 11.2 Å². The third-order valence-corrected chi connectivity index (χ3v) is 5.32. The Morgan fingerprint density at radius 3 is 2.87 bits per heavy atom. The number of benzene rings is 1. The number of amides is 1. The maximum absolute atomic E-state index is 13.3. The van der Waals surface area contributed by atoms with Gasteiger partial charge in [-0.05, 0) is 31.9 Å². The number of hydrogen-bond donors (Lipinski definition) is 0. The van der Waals surface area contributed by atoms with Crippen molar-refractivity contribution >= 4 is 17.2 Å². The lowest BCUT2D eigenvalue weighted by molar-refractivity contribution is -0.132. The van der Waals surface area contributed by atoms with Gasteiger partial charge in [0.25, 0.3) is 0 Å². The Balaban J connectivity index is 1.69. The molecule has 1 fully saturated rings. The minimum Gasteiger partial charge on any atom is -0.340 e. The van der Waals surface area contributed by atoms with E-state index in [1.54, 1.807) is 6.07 Å². The molecule has 5 heteroatoms. The Labute approximate surface area is 140 Å². The van der Waals surface area contributed by atoms with Gasteiger partial charge in [0, 0.05) is 23.5 Å². The molecule has 1 saturated carbocycles. The van der Waals surface area contributed by atoms with E-state index in [1.165, 1.54) is 36.3 Å². The van der Waals surface area contributed by atoms with E-state index in [0.29, 0.717) is 12.5 Å². The first kappa shape index (κ1) is 16.1. The first-order valence-electron chi connectivity index (χ1n) is 8.17. The zero-order chi connectivity index (χ0) is 16.2. The molecular weight excluding hydrogens is 311 g/mol. The van der Waals surface area contributed by atoms with Crippen LogP contribution in [0.15, 0.2) is 29.6 Å². The molecule has 3 rings (SSSR count). The number of aromatic nitrogens is 1. The number of carbonyl (C=O) groups excluding carboxylic acids is 1. The standard InChI is InChI=1S/C18H21FN2OS/c1-2-21(16-8-3-4-9-16)17(22)11-15-12-23-18(20-15)13-6-5-7-14(19)10-13/h5-7,10,12,16H,2-4,8-9,11H2,1H3. The summed E-state index contributed by atoms with van der Waals surface area (Å²) in [6, 6.07) is 6.80. The molecule has 122 valence electrons. The highest BCUT2D eigenvalue weighted by molar-refractivity contribution is 7.13. The van der Waals surface area contributed by atoms with Crippen molar-refractivity contribution in [1.82, 2.24) is 9.88 Å². The van der Waals surface area contributed by atoms with Crippen molar-refractivity contribution in [1.29, 1.82) is 0 Å². The van der Waals surface area contributed by atoms with Gasteiger partial charge >= 0.3 is 0 Å². The summed E-state index contributed by atoms with van der Waals surface area (Å²) in [5.41, 5.74) is 1.53. The Morgan fingerprint density at radius 1 is 1.39 bits per heavy atom. The monoisotopic (exact) mass is 332 g/mol. The zero-order valence-electron chi connectivity index (χ0n) is 13.3. The van der Waals surface area contributed by atoms with Crippen molar-refractivity contribution < 1.29 is 9.18 Å². The average Bonchev–Trinajstić information content (AvgIpc) is 3.20. The van der Waals surface area contributed by atoms with Gasteiger partial charge in [-0.2, -0.15) is 0 Å². The fourth-order valence-corrected chi connectivity index (χ4v) is 4.07. The largest absolute Gasteiger partial charge is 0.340 e. The summed E-state index contributed by atoms with van der Waals surface area (Å²) in [5.74, 6) is -0.121. The van der Waals surface area contributed by atoms with Crippen LogP contribution in [0.25, 0.3) is 10.6 Å². The number of nitrogens with zero attached hydrogens (tertiary/aromatic N) is 2. The summed E-state index contributed by atoms with van der Waals surface area (Å²) in [6.07, 6.45) is 5.00. The predicted molar refractivity (Wildman–Crippen MR) is 90.9 cm³/mol. The lowest BCUT2D eigenvalue weighted by Gasteiger charge is -2.27. The van der Waals surface area contributed by atoms with Crippen molar-refractivity contribution in [3.05, 3.63) is 41.2 Å². The van der Waals surface area contributed by atoms with Gasteiger partial charge in [-0.25, -0.2) is 9.37 Å². The van der Waals surface area contributed by atoms with Crippen LogP contribution >= 0.6 is 11.3 Å². The molecule has 23 heavy (non-hydrogen) atoms. The summed E-state index contributed by atoms with van der Waals surface area (Å²) in [7, 11) is 0. The highest BCUT2D eigenvalue weighted by atomic mass is 32.1. The van der Waals surface area contributed by atoms with Crippen LogP contribution < -0.4 is 0 Å². The van der Waals surface area contributed by atoms with Gasteiger partial charge in [0.2, 0.25) is 5.91 Å². The molecule has 1 aromatic carbocycles. The Hall–Kier alpha value is -1.75. The predicted octanol–water partition coefficient (Wildman–Crippen LogP) is 4.28. The third-order valence-electron chi connectivity index (χ3n) is 4.38. The molecule has 1 aromatic heterocycles. The molecule has 0 radical (unpaired) electrons. The molecular formula is C18H21FN2OS. The van der Waals surface area contributed by atoms with E-state index in [9.17, 15) is 9.18 Å². The molecule has 2 aromatic rings. The van der Waals surface area contributed by atoms with Gasteiger partial charge in [0.1, 0.15) is 10.8 Å². The third kappa shape index (κ3) is 3.78. The molecule has 1 aliphatic carbocycles. The normalized spacial score (nSPS) is 15.0. The van der Waals surface area contributed by atoms with Crippen molar-refractivity contribution in [2.24, 2.45) is 0 Å². The molecule has 1 amide bonds. The van der Waals surface area contributed by atoms with Crippen molar-refractivity contribution in [3.8, 4) is 10.6 Å². The molecule has 3 nitrogen and oxygen atoms in total. The van der Waals surface area contributed by atoms with Gasteiger partial charge in [-0.15, -0.1) is 11.3 Å². The van der Waals surface area contributed by atoms with Crippen LogP contribution in [0.5, 0.6) is 0 Å². The van der Waals surface area contributed by atoms with E-state index in [0.717, 1.165) is 35.7 Å². The molecule has 0 N–H and O–H groups in total. The first-order valence-corrected chi connectivity index (χ1v) is 9.05. The van der Waals surface area contributed by atoms with E-state index in [-0.39, 0.29) is 11.7 Å². The highest BCUT2D eigenvalue weighted by Crippen LogP contribution is 2.26. The Bertz CT molecular complexity index is 679. The van der Waals surface area contributed by atoms with Gasteiger partial charge in [-0.3, -0.25) is 4.79 Å². The summed E-state index contributed by atoms with van der Waals surface area (Å²) in [4.78, 5) is 19.1. The highest BCUT2D eigenvalue weighted by Gasteiger charge is 2.25. The second-order valence-corrected chi connectivity index (χ2v) is 6.81. The lowest BCUT2D eigenvalue weighted by atomic mass is 10.2. The topological polar surface area (TPSA) is 33.2 Å². The maximum atomic E-state index is 13.3. The van der Waals surface area contributed by atoms with Crippen LogP contribution in [0.1, 0.15) is 38.3 Å². The molecule has 0 aliphatic heterocycles. The fraction of sp³-hybridized carbons (Fsp3) is 0.444. The number of carbonyl (C=O) groups is 1. The van der Waals surface area contributed by atoms with Crippen LogP contribution in [0.3, 0.4) is 0 Å². The van der Waals surface area contributed by atoms with Crippen LogP contribution in [0.2, 0.25) is 0 Å². The van der Waals surface area contributed by atoms with Gasteiger partial charge in [0.05, 0.1) is 12.1 Å². The first-order chi connectivity index (χ1) is 11.2. The number of rotatable bonds is 5. The van der Waals surface area contributed by atoms with E-state index in [4.69, 9.17) is 0 Å². The molecule has 0 spiro atoms. The number of halogens is 1. The molecule has 0 saturated heterocycles. The van der Waals surface area contributed by atoms with Crippen molar-refractivity contribution in [2.75, 3.05) is 6.54 Å². The van der Waals surface area contributed by atoms with Crippen molar-refractivity contribution in [2.45, 2.75) is 45.1 Å². The van der Waals surface area contributed by atoms with Crippen molar-refractivity contribution in [3.63, 3.8) is 0 Å². The molecule has 0 unspecified atom stereocenters. The van der Waals surface area contributed by atoms with Crippen LogP contribution in [0, 0.1) is 5.82 Å².